The number of imide groups is 1. The topological polar surface area (TPSA) is 66.9 Å². The number of carbonyl (C=O) groups excluding carboxylic acids is 3. The fourth-order valence-electron chi connectivity index (χ4n) is 2.96. The Morgan fingerprint density at radius 3 is 2.17 bits per heavy atom. The Bertz CT molecular complexity index is 637. The Morgan fingerprint density at radius 1 is 1.12 bits per heavy atom. The third-order valence-electron chi connectivity index (χ3n) is 4.26. The standard InChI is InChI=1S/C16H16F2N2O4/c17-13(18)9-19-7-5-10(6-8-19)16(23)24-20-14(21)11-3-1-2-4-12(11)15(20)22/h1-4,10,13H,5-9H2. The largest absolute Gasteiger partial charge is 0.336 e. The molecule has 1 fully saturated rings. The van der Waals surface area contributed by atoms with Gasteiger partial charge in [-0.25, -0.2) is 13.6 Å². The molecule has 2 aliphatic heterocycles. The quantitative estimate of drug-likeness (QED) is 0.782. The van der Waals surface area contributed by atoms with Gasteiger partial charge < -0.3 is 4.84 Å². The van der Waals surface area contributed by atoms with Crippen LogP contribution in [-0.4, -0.2) is 53.8 Å². The molecule has 1 aromatic carbocycles. The zero-order valence-electron chi connectivity index (χ0n) is 12.8. The Kier molecular flexibility index (Phi) is 4.57. The number of hydroxylamine groups is 2. The number of fused-ring (bicyclic) bond motifs is 1. The van der Waals surface area contributed by atoms with E-state index < -0.39 is 30.1 Å². The van der Waals surface area contributed by atoms with Gasteiger partial charge in [-0.15, -0.1) is 0 Å². The van der Waals surface area contributed by atoms with Crippen LogP contribution in [0.4, 0.5) is 8.78 Å². The SMILES string of the molecule is O=C(ON1C(=O)c2ccccc2C1=O)C1CCN(CC(F)F)CC1. The Morgan fingerprint density at radius 2 is 1.67 bits per heavy atom. The molecular formula is C16H16F2N2O4. The number of hydrogen-bond donors (Lipinski definition) is 0. The van der Waals surface area contributed by atoms with Gasteiger partial charge >= 0.3 is 5.97 Å². The summed E-state index contributed by atoms with van der Waals surface area (Å²) < 4.78 is 24.7. The number of likely N-dealkylation sites (tertiary alicyclic amines) is 1. The van der Waals surface area contributed by atoms with Crippen molar-refractivity contribution in [3.63, 3.8) is 0 Å². The van der Waals surface area contributed by atoms with Gasteiger partial charge in [0.15, 0.2) is 0 Å². The Hall–Kier alpha value is -2.35. The second-order valence-corrected chi connectivity index (χ2v) is 5.83. The molecule has 3 rings (SSSR count). The monoisotopic (exact) mass is 338 g/mol. The van der Waals surface area contributed by atoms with E-state index in [-0.39, 0.29) is 17.7 Å². The maximum atomic E-state index is 12.3. The molecule has 1 saturated heterocycles. The van der Waals surface area contributed by atoms with Crippen LogP contribution >= 0.6 is 0 Å². The van der Waals surface area contributed by atoms with Gasteiger partial charge in [0.2, 0.25) is 0 Å². The predicted octanol–water partition coefficient (Wildman–Crippen LogP) is 1.72. The van der Waals surface area contributed by atoms with Crippen molar-refractivity contribution in [3.05, 3.63) is 35.4 Å². The summed E-state index contributed by atoms with van der Waals surface area (Å²) in [5.41, 5.74) is 0.393. The maximum Gasteiger partial charge on any atom is 0.336 e. The summed E-state index contributed by atoms with van der Waals surface area (Å²) in [5.74, 6) is -2.53. The van der Waals surface area contributed by atoms with Crippen LogP contribution in [0.1, 0.15) is 33.6 Å². The van der Waals surface area contributed by atoms with Crippen LogP contribution in [0.2, 0.25) is 0 Å². The molecule has 0 radical (unpaired) electrons. The summed E-state index contributed by atoms with van der Waals surface area (Å²) >= 11 is 0. The highest BCUT2D eigenvalue weighted by atomic mass is 19.3. The molecule has 1 aromatic rings. The van der Waals surface area contributed by atoms with Crippen LogP contribution in [0.5, 0.6) is 0 Å². The second kappa shape index (κ2) is 6.64. The van der Waals surface area contributed by atoms with Gasteiger partial charge in [0.05, 0.1) is 23.6 Å². The van der Waals surface area contributed by atoms with Gasteiger partial charge in [-0.05, 0) is 38.1 Å². The van der Waals surface area contributed by atoms with Gasteiger partial charge in [-0.2, -0.15) is 0 Å². The zero-order valence-corrected chi connectivity index (χ0v) is 12.8. The fourth-order valence-corrected chi connectivity index (χ4v) is 2.96. The van der Waals surface area contributed by atoms with E-state index >= 15 is 0 Å². The smallest absolute Gasteiger partial charge is 0.329 e. The lowest BCUT2D eigenvalue weighted by Crippen LogP contribution is -2.41. The van der Waals surface area contributed by atoms with Gasteiger partial charge in [-0.3, -0.25) is 14.5 Å². The van der Waals surface area contributed by atoms with Gasteiger partial charge in [0.25, 0.3) is 18.2 Å². The molecule has 2 heterocycles. The molecule has 0 N–H and O–H groups in total. The number of piperidine rings is 1. The molecule has 0 unspecified atom stereocenters. The normalized spacial score (nSPS) is 19.0. The van der Waals surface area contributed by atoms with E-state index in [4.69, 9.17) is 4.84 Å². The van der Waals surface area contributed by atoms with E-state index in [9.17, 15) is 23.2 Å². The number of hydrogen-bond acceptors (Lipinski definition) is 5. The molecule has 0 aromatic heterocycles. The van der Waals surface area contributed by atoms with E-state index in [0.717, 1.165) is 0 Å². The number of alkyl halides is 2. The number of amides is 2. The van der Waals surface area contributed by atoms with Crippen molar-refractivity contribution in [1.82, 2.24) is 9.96 Å². The van der Waals surface area contributed by atoms with Crippen molar-refractivity contribution < 1.29 is 28.0 Å². The summed E-state index contributed by atoms with van der Waals surface area (Å²) in [6.07, 6.45) is -1.70. The average Bonchev–Trinajstić information content (AvgIpc) is 2.80. The highest BCUT2D eigenvalue weighted by molar-refractivity contribution is 6.20. The molecule has 0 aliphatic carbocycles. The lowest BCUT2D eigenvalue weighted by atomic mass is 9.97. The zero-order chi connectivity index (χ0) is 17.3. The third kappa shape index (κ3) is 3.14. The van der Waals surface area contributed by atoms with Crippen molar-refractivity contribution in [2.75, 3.05) is 19.6 Å². The fraction of sp³-hybridized carbons (Fsp3) is 0.438. The van der Waals surface area contributed by atoms with Gasteiger partial charge in [-0.1, -0.05) is 17.2 Å². The summed E-state index contributed by atoms with van der Waals surface area (Å²) in [5, 5.41) is 0.485. The number of halogens is 2. The first-order valence-corrected chi connectivity index (χ1v) is 7.67. The lowest BCUT2D eigenvalue weighted by Gasteiger charge is -2.30. The van der Waals surface area contributed by atoms with Crippen molar-refractivity contribution in [2.45, 2.75) is 19.3 Å². The van der Waals surface area contributed by atoms with E-state index in [1.165, 1.54) is 12.1 Å². The number of rotatable bonds is 4. The van der Waals surface area contributed by atoms with Crippen LogP contribution in [0.25, 0.3) is 0 Å². The summed E-state index contributed by atoms with van der Waals surface area (Å²) in [7, 11) is 0. The van der Waals surface area contributed by atoms with Crippen LogP contribution < -0.4 is 0 Å². The number of benzene rings is 1. The minimum absolute atomic E-state index is 0.196. The molecule has 8 heteroatoms. The first-order valence-electron chi connectivity index (χ1n) is 7.67. The molecule has 6 nitrogen and oxygen atoms in total. The van der Waals surface area contributed by atoms with Crippen LogP contribution in [-0.2, 0) is 9.63 Å². The lowest BCUT2D eigenvalue weighted by molar-refractivity contribution is -0.175. The van der Waals surface area contributed by atoms with E-state index in [1.807, 2.05) is 0 Å². The third-order valence-corrected chi connectivity index (χ3v) is 4.26. The summed E-state index contributed by atoms with van der Waals surface area (Å²) in [6.45, 7) is 0.388. The average molecular weight is 338 g/mol. The van der Waals surface area contributed by atoms with Crippen LogP contribution in [0, 0.1) is 5.92 Å². The van der Waals surface area contributed by atoms with Crippen molar-refractivity contribution >= 4 is 17.8 Å². The molecule has 0 saturated carbocycles. The first kappa shape index (κ1) is 16.5. The predicted molar refractivity (Wildman–Crippen MR) is 78.2 cm³/mol. The van der Waals surface area contributed by atoms with Crippen molar-refractivity contribution in [2.24, 2.45) is 5.92 Å². The molecule has 2 amide bonds. The second-order valence-electron chi connectivity index (χ2n) is 5.83. The first-order chi connectivity index (χ1) is 11.5. The molecule has 0 spiro atoms. The minimum atomic E-state index is -2.41. The summed E-state index contributed by atoms with van der Waals surface area (Å²) in [4.78, 5) is 43.0. The molecule has 2 aliphatic rings. The van der Waals surface area contributed by atoms with Crippen LogP contribution in [0.15, 0.2) is 24.3 Å². The van der Waals surface area contributed by atoms with Crippen molar-refractivity contribution in [3.8, 4) is 0 Å². The Labute approximate surface area is 136 Å². The van der Waals surface area contributed by atoms with Gasteiger partial charge in [0.1, 0.15) is 0 Å². The van der Waals surface area contributed by atoms with Crippen LogP contribution in [0.3, 0.4) is 0 Å². The Balaban J connectivity index is 1.59. The summed E-state index contributed by atoms with van der Waals surface area (Å²) in [6, 6.07) is 6.22. The van der Waals surface area contributed by atoms with E-state index in [1.54, 1.807) is 17.0 Å². The molecule has 0 bridgehead atoms. The molecular weight excluding hydrogens is 322 g/mol. The van der Waals surface area contributed by atoms with Gasteiger partial charge in [0, 0.05) is 0 Å². The van der Waals surface area contributed by atoms with E-state index in [0.29, 0.717) is 31.0 Å². The molecule has 24 heavy (non-hydrogen) atoms. The molecule has 0 atom stereocenters. The van der Waals surface area contributed by atoms with E-state index in [2.05, 4.69) is 0 Å². The maximum absolute atomic E-state index is 12.3. The highest BCUT2D eigenvalue weighted by Crippen LogP contribution is 2.25. The van der Waals surface area contributed by atoms with Crippen molar-refractivity contribution in [1.29, 1.82) is 0 Å². The highest BCUT2D eigenvalue weighted by Gasteiger charge is 2.40. The number of nitrogens with zero attached hydrogens (tertiary/aromatic N) is 2. The number of carbonyl (C=O) groups is 3. The molecule has 128 valence electrons. The minimum Gasteiger partial charge on any atom is -0.329 e.